The molecule has 0 amide bonds. The Morgan fingerprint density at radius 1 is 1.12 bits per heavy atom. The van der Waals surface area contributed by atoms with Crippen molar-refractivity contribution in [3.05, 3.63) is 42.1 Å². The number of carbonyl (C=O) groups excluding carboxylic acids is 2. The van der Waals surface area contributed by atoms with Crippen molar-refractivity contribution in [3.63, 3.8) is 0 Å². The number of Topliss-reactive ketones (excluding diaryl/α,β-unsaturated/α-hetero) is 1. The third kappa shape index (κ3) is 3.58. The maximum Gasteiger partial charge on any atom is 0.418 e. The summed E-state index contributed by atoms with van der Waals surface area (Å²) in [6.07, 6.45) is 6.39. The summed E-state index contributed by atoms with van der Waals surface area (Å²) in [4.78, 5) is 23.9. The number of ether oxygens (including phenoxy) is 1. The van der Waals surface area contributed by atoms with Crippen LogP contribution in [0.2, 0.25) is 0 Å². The summed E-state index contributed by atoms with van der Waals surface area (Å²) in [7, 11) is 0. The van der Waals surface area contributed by atoms with Crippen LogP contribution in [0.1, 0.15) is 52.0 Å². The van der Waals surface area contributed by atoms with Gasteiger partial charge in [-0.2, -0.15) is 0 Å². The molecular weight excluding hydrogens is 302 g/mol. The Morgan fingerprint density at radius 2 is 1.92 bits per heavy atom. The van der Waals surface area contributed by atoms with Gasteiger partial charge in [-0.25, -0.2) is 4.79 Å². The maximum atomic E-state index is 12.3. The summed E-state index contributed by atoms with van der Waals surface area (Å²) in [6.45, 7) is 5.57. The second-order valence-corrected chi connectivity index (χ2v) is 7.25. The second-order valence-electron chi connectivity index (χ2n) is 7.25. The van der Waals surface area contributed by atoms with Gasteiger partial charge >= 0.3 is 6.09 Å². The highest BCUT2D eigenvalue weighted by Gasteiger charge is 2.19. The fraction of sp³-hybridized carbons (Fsp3) is 0.400. The third-order valence-electron chi connectivity index (χ3n) is 4.14. The van der Waals surface area contributed by atoms with Gasteiger partial charge in [0.15, 0.2) is 0 Å². The van der Waals surface area contributed by atoms with Crippen molar-refractivity contribution >= 4 is 28.4 Å². The summed E-state index contributed by atoms with van der Waals surface area (Å²) >= 11 is 0. The van der Waals surface area contributed by atoms with E-state index in [1.807, 2.05) is 39.0 Å². The number of hydrogen-bond acceptors (Lipinski definition) is 3. The van der Waals surface area contributed by atoms with Crippen molar-refractivity contribution < 1.29 is 14.3 Å². The lowest BCUT2D eigenvalue weighted by molar-refractivity contribution is -0.118. The second kappa shape index (κ2) is 6.27. The molecule has 1 aliphatic carbocycles. The van der Waals surface area contributed by atoms with Crippen molar-refractivity contribution in [1.82, 2.24) is 4.57 Å². The van der Waals surface area contributed by atoms with E-state index in [0.29, 0.717) is 18.6 Å². The molecule has 0 aliphatic heterocycles. The molecule has 126 valence electrons. The average molecular weight is 325 g/mol. The van der Waals surface area contributed by atoms with Crippen LogP contribution in [0.5, 0.6) is 0 Å². The van der Waals surface area contributed by atoms with Gasteiger partial charge in [0.2, 0.25) is 0 Å². The minimum absolute atomic E-state index is 0.332. The zero-order valence-electron chi connectivity index (χ0n) is 14.5. The van der Waals surface area contributed by atoms with Gasteiger partial charge in [0.25, 0.3) is 0 Å². The van der Waals surface area contributed by atoms with E-state index < -0.39 is 5.60 Å². The number of carbonyl (C=O) groups is 2. The summed E-state index contributed by atoms with van der Waals surface area (Å²) in [5, 5.41) is 0.995. The van der Waals surface area contributed by atoms with Gasteiger partial charge in [-0.3, -0.25) is 9.36 Å². The molecule has 1 aromatic carbocycles. The number of allylic oxidation sites excluding steroid dienone is 2. The van der Waals surface area contributed by atoms with Crippen LogP contribution in [-0.2, 0) is 9.53 Å². The number of nitrogens with zero attached hydrogens (tertiary/aromatic N) is 1. The SMILES string of the molecule is CC(C)(C)OC(=O)n1ccc2cc(C3=CCCC(=O)CC3)ccc21. The van der Waals surface area contributed by atoms with E-state index in [0.717, 1.165) is 29.3 Å². The van der Waals surface area contributed by atoms with Crippen LogP contribution in [0.3, 0.4) is 0 Å². The standard InChI is InChI=1S/C20H23NO3/c1-20(2,3)24-19(23)21-12-11-16-13-15(8-10-18(16)21)14-5-4-6-17(22)9-7-14/h5,8,10-13H,4,6-7,9H2,1-3H3. The van der Waals surface area contributed by atoms with Crippen LogP contribution in [0.15, 0.2) is 36.5 Å². The average Bonchev–Trinajstić information content (AvgIpc) is 2.80. The molecule has 0 saturated carbocycles. The predicted molar refractivity (Wildman–Crippen MR) is 95.0 cm³/mol. The van der Waals surface area contributed by atoms with Gasteiger partial charge in [-0.1, -0.05) is 12.1 Å². The molecule has 0 fully saturated rings. The number of ketones is 1. The Kier molecular flexibility index (Phi) is 4.31. The van der Waals surface area contributed by atoms with Gasteiger partial charge in [0, 0.05) is 24.4 Å². The topological polar surface area (TPSA) is 48.3 Å². The molecule has 0 atom stereocenters. The van der Waals surface area contributed by atoms with Gasteiger partial charge in [-0.05, 0) is 62.9 Å². The molecule has 0 radical (unpaired) electrons. The molecule has 0 N–H and O–H groups in total. The van der Waals surface area contributed by atoms with E-state index in [1.54, 1.807) is 6.20 Å². The van der Waals surface area contributed by atoms with Crippen LogP contribution < -0.4 is 0 Å². The Hall–Kier alpha value is -2.36. The fourth-order valence-electron chi connectivity index (χ4n) is 2.98. The Bertz CT molecular complexity index is 821. The zero-order chi connectivity index (χ0) is 17.3. The molecule has 0 unspecified atom stereocenters. The number of hydrogen-bond donors (Lipinski definition) is 0. The number of fused-ring (bicyclic) bond motifs is 1. The molecule has 0 spiro atoms. The summed E-state index contributed by atoms with van der Waals surface area (Å²) in [5.41, 5.74) is 2.65. The summed E-state index contributed by atoms with van der Waals surface area (Å²) in [5.74, 6) is 0.332. The first kappa shape index (κ1) is 16.5. The molecular formula is C20H23NO3. The Morgan fingerprint density at radius 3 is 2.67 bits per heavy atom. The summed E-state index contributed by atoms with van der Waals surface area (Å²) in [6, 6.07) is 7.97. The largest absolute Gasteiger partial charge is 0.443 e. The number of aromatic nitrogens is 1. The maximum absolute atomic E-state index is 12.3. The van der Waals surface area contributed by atoms with E-state index in [2.05, 4.69) is 12.1 Å². The van der Waals surface area contributed by atoms with Crippen molar-refractivity contribution in [2.45, 2.75) is 52.1 Å². The molecule has 4 nitrogen and oxygen atoms in total. The molecule has 1 aliphatic rings. The minimum atomic E-state index is -0.523. The normalized spacial score (nSPS) is 16.0. The van der Waals surface area contributed by atoms with E-state index in [1.165, 1.54) is 10.1 Å². The fourth-order valence-corrected chi connectivity index (χ4v) is 2.98. The highest BCUT2D eigenvalue weighted by Crippen LogP contribution is 2.28. The van der Waals surface area contributed by atoms with Crippen LogP contribution in [0.25, 0.3) is 16.5 Å². The quantitative estimate of drug-likeness (QED) is 0.745. The molecule has 2 aromatic rings. The predicted octanol–water partition coefficient (Wildman–Crippen LogP) is 4.95. The molecule has 3 rings (SSSR count). The molecule has 4 heteroatoms. The molecule has 0 saturated heterocycles. The molecule has 1 aromatic heterocycles. The van der Waals surface area contributed by atoms with Crippen molar-refractivity contribution in [2.75, 3.05) is 0 Å². The first-order chi connectivity index (χ1) is 11.3. The summed E-state index contributed by atoms with van der Waals surface area (Å²) < 4.78 is 6.98. The van der Waals surface area contributed by atoms with Crippen molar-refractivity contribution in [3.8, 4) is 0 Å². The first-order valence-electron chi connectivity index (χ1n) is 8.39. The van der Waals surface area contributed by atoms with Gasteiger partial charge < -0.3 is 4.74 Å². The molecule has 24 heavy (non-hydrogen) atoms. The van der Waals surface area contributed by atoms with Crippen LogP contribution >= 0.6 is 0 Å². The molecule has 0 bridgehead atoms. The zero-order valence-corrected chi connectivity index (χ0v) is 14.5. The first-order valence-corrected chi connectivity index (χ1v) is 8.39. The van der Waals surface area contributed by atoms with E-state index >= 15 is 0 Å². The smallest absolute Gasteiger partial charge is 0.418 e. The third-order valence-corrected chi connectivity index (χ3v) is 4.14. The number of benzene rings is 1. The minimum Gasteiger partial charge on any atom is -0.443 e. The van der Waals surface area contributed by atoms with Crippen LogP contribution in [-0.4, -0.2) is 22.0 Å². The van der Waals surface area contributed by atoms with E-state index in [4.69, 9.17) is 4.74 Å². The van der Waals surface area contributed by atoms with Gasteiger partial charge in [-0.15, -0.1) is 0 Å². The van der Waals surface area contributed by atoms with Crippen LogP contribution in [0, 0.1) is 0 Å². The van der Waals surface area contributed by atoms with Gasteiger partial charge in [0.05, 0.1) is 5.52 Å². The van der Waals surface area contributed by atoms with Crippen molar-refractivity contribution in [1.29, 1.82) is 0 Å². The van der Waals surface area contributed by atoms with Crippen LogP contribution in [0.4, 0.5) is 4.79 Å². The van der Waals surface area contributed by atoms with E-state index in [-0.39, 0.29) is 6.09 Å². The lowest BCUT2D eigenvalue weighted by Crippen LogP contribution is -2.26. The monoisotopic (exact) mass is 325 g/mol. The highest BCUT2D eigenvalue weighted by molar-refractivity contribution is 5.92. The number of rotatable bonds is 1. The Labute approximate surface area is 142 Å². The van der Waals surface area contributed by atoms with Gasteiger partial charge in [0.1, 0.15) is 11.4 Å². The lowest BCUT2D eigenvalue weighted by atomic mass is 10.00. The van der Waals surface area contributed by atoms with E-state index in [9.17, 15) is 9.59 Å². The lowest BCUT2D eigenvalue weighted by Gasteiger charge is -2.19. The Balaban J connectivity index is 1.90. The molecule has 1 heterocycles. The highest BCUT2D eigenvalue weighted by atomic mass is 16.6. The van der Waals surface area contributed by atoms with Crippen molar-refractivity contribution in [2.24, 2.45) is 0 Å².